The minimum atomic E-state index is -1.09. The van der Waals surface area contributed by atoms with Crippen LogP contribution in [0.3, 0.4) is 0 Å². The zero-order valence-electron chi connectivity index (χ0n) is 6.35. The van der Waals surface area contributed by atoms with Crippen LogP contribution < -0.4 is 11.1 Å². The van der Waals surface area contributed by atoms with E-state index >= 15 is 0 Å². The van der Waals surface area contributed by atoms with Crippen molar-refractivity contribution in [3.05, 3.63) is 0 Å². The molecule has 4 heteroatoms. The van der Waals surface area contributed by atoms with E-state index in [4.69, 9.17) is 10.8 Å². The van der Waals surface area contributed by atoms with Crippen LogP contribution in [0.5, 0.6) is 0 Å². The molecule has 0 amide bonds. The summed E-state index contributed by atoms with van der Waals surface area (Å²) in [6, 6.07) is 0. The monoisotopic (exact) mass is 146 g/mol. The van der Waals surface area contributed by atoms with Crippen LogP contribution in [0.25, 0.3) is 0 Å². The summed E-state index contributed by atoms with van der Waals surface area (Å²) in [5, 5.41) is 11.4. The van der Waals surface area contributed by atoms with Crippen molar-refractivity contribution in [3.63, 3.8) is 0 Å². The van der Waals surface area contributed by atoms with E-state index in [1.54, 1.807) is 7.05 Å². The zero-order valence-corrected chi connectivity index (χ0v) is 6.35. The third kappa shape index (κ3) is 2.80. The van der Waals surface area contributed by atoms with E-state index < -0.39 is 11.5 Å². The van der Waals surface area contributed by atoms with Crippen LogP contribution in [-0.2, 0) is 4.79 Å². The lowest BCUT2D eigenvalue weighted by Crippen LogP contribution is -2.46. The number of carbonyl (C=O) groups is 1. The predicted molar refractivity (Wildman–Crippen MR) is 38.8 cm³/mol. The van der Waals surface area contributed by atoms with Gasteiger partial charge in [-0.15, -0.1) is 0 Å². The summed E-state index contributed by atoms with van der Waals surface area (Å²) in [7, 11) is 1.76. The predicted octanol–water partition coefficient (Wildman–Crippen LogP) is -0.602. The second kappa shape index (κ2) is 3.53. The largest absolute Gasteiger partial charge is 0.480 e. The van der Waals surface area contributed by atoms with E-state index in [-0.39, 0.29) is 0 Å². The lowest BCUT2D eigenvalue weighted by atomic mass is 10.0. The number of rotatable bonds is 4. The first-order chi connectivity index (χ1) is 4.50. The number of nitrogens with two attached hydrogens (primary N) is 1. The van der Waals surface area contributed by atoms with Crippen molar-refractivity contribution in [2.45, 2.75) is 18.9 Å². The molecule has 1 unspecified atom stereocenters. The van der Waals surface area contributed by atoms with Gasteiger partial charge in [-0.05, 0) is 26.9 Å². The molecule has 0 aliphatic rings. The first-order valence-corrected chi connectivity index (χ1v) is 3.17. The maximum absolute atomic E-state index is 10.4. The van der Waals surface area contributed by atoms with Crippen molar-refractivity contribution in [2.24, 2.45) is 5.73 Å². The molecule has 0 aromatic heterocycles. The van der Waals surface area contributed by atoms with E-state index in [1.807, 2.05) is 0 Å². The summed E-state index contributed by atoms with van der Waals surface area (Å²) in [4.78, 5) is 10.4. The van der Waals surface area contributed by atoms with E-state index in [9.17, 15) is 4.79 Å². The summed E-state index contributed by atoms with van der Waals surface area (Å²) in [5.74, 6) is -0.956. The van der Waals surface area contributed by atoms with Gasteiger partial charge in [-0.3, -0.25) is 4.79 Å². The van der Waals surface area contributed by atoms with Gasteiger partial charge in [0.05, 0.1) is 0 Å². The zero-order chi connectivity index (χ0) is 8.20. The quantitative estimate of drug-likeness (QED) is 0.495. The van der Waals surface area contributed by atoms with Crippen LogP contribution in [0.1, 0.15) is 13.3 Å². The van der Waals surface area contributed by atoms with Crippen molar-refractivity contribution in [3.8, 4) is 0 Å². The van der Waals surface area contributed by atoms with Gasteiger partial charge >= 0.3 is 5.97 Å². The van der Waals surface area contributed by atoms with Gasteiger partial charge in [0, 0.05) is 0 Å². The first-order valence-electron chi connectivity index (χ1n) is 3.17. The molecule has 1 atom stereocenters. The molecule has 10 heavy (non-hydrogen) atoms. The van der Waals surface area contributed by atoms with Gasteiger partial charge in [0.2, 0.25) is 0 Å². The molecule has 0 aromatic rings. The van der Waals surface area contributed by atoms with Crippen molar-refractivity contribution in [1.82, 2.24) is 5.32 Å². The molecule has 4 nitrogen and oxygen atoms in total. The molecular weight excluding hydrogens is 132 g/mol. The van der Waals surface area contributed by atoms with Crippen molar-refractivity contribution in [2.75, 3.05) is 13.6 Å². The van der Waals surface area contributed by atoms with E-state index in [2.05, 4.69) is 5.32 Å². The maximum Gasteiger partial charge on any atom is 0.323 e. The molecule has 0 spiro atoms. The molecule has 0 aliphatic carbocycles. The second-order valence-electron chi connectivity index (χ2n) is 2.58. The molecule has 0 aliphatic heterocycles. The van der Waals surface area contributed by atoms with Gasteiger partial charge in [-0.2, -0.15) is 0 Å². The number of hydrogen-bond donors (Lipinski definition) is 3. The molecule has 0 saturated carbocycles. The highest BCUT2D eigenvalue weighted by molar-refractivity contribution is 5.77. The van der Waals surface area contributed by atoms with Crippen LogP contribution in [0.4, 0.5) is 0 Å². The molecular formula is C6H14N2O2. The molecule has 0 heterocycles. The fourth-order valence-electron chi connectivity index (χ4n) is 0.492. The Balaban J connectivity index is 3.75. The molecule has 0 rings (SSSR count). The lowest BCUT2D eigenvalue weighted by Gasteiger charge is -2.17. The average molecular weight is 146 g/mol. The second-order valence-corrected chi connectivity index (χ2v) is 2.58. The fraction of sp³-hybridized carbons (Fsp3) is 0.833. The number of carboxylic acids is 1. The number of hydrogen-bond acceptors (Lipinski definition) is 3. The van der Waals surface area contributed by atoms with Gasteiger partial charge in [0.1, 0.15) is 5.54 Å². The normalized spacial score (nSPS) is 16.3. The summed E-state index contributed by atoms with van der Waals surface area (Å²) < 4.78 is 0. The molecule has 0 fully saturated rings. The fourth-order valence-corrected chi connectivity index (χ4v) is 0.492. The molecule has 4 N–H and O–H groups in total. The summed E-state index contributed by atoms with van der Waals surface area (Å²) >= 11 is 0. The Labute approximate surface area is 60.4 Å². The minimum absolute atomic E-state index is 0.443. The lowest BCUT2D eigenvalue weighted by molar-refractivity contribution is -0.142. The Morgan fingerprint density at radius 1 is 1.80 bits per heavy atom. The Morgan fingerprint density at radius 2 is 2.30 bits per heavy atom. The van der Waals surface area contributed by atoms with Gasteiger partial charge in [-0.1, -0.05) is 0 Å². The van der Waals surface area contributed by atoms with Crippen molar-refractivity contribution < 1.29 is 9.90 Å². The summed E-state index contributed by atoms with van der Waals surface area (Å²) in [6.45, 7) is 2.13. The SMILES string of the molecule is CNCCC(C)(N)C(=O)O. The third-order valence-corrected chi connectivity index (χ3v) is 1.38. The molecule has 0 bridgehead atoms. The van der Waals surface area contributed by atoms with E-state index in [0.717, 1.165) is 0 Å². The third-order valence-electron chi connectivity index (χ3n) is 1.38. The van der Waals surface area contributed by atoms with E-state index in [1.165, 1.54) is 6.92 Å². The van der Waals surface area contributed by atoms with E-state index in [0.29, 0.717) is 13.0 Å². The highest BCUT2D eigenvalue weighted by Gasteiger charge is 2.26. The van der Waals surface area contributed by atoms with Crippen molar-refractivity contribution in [1.29, 1.82) is 0 Å². The van der Waals surface area contributed by atoms with Crippen LogP contribution in [0.2, 0.25) is 0 Å². The first kappa shape index (κ1) is 9.39. The molecule has 60 valence electrons. The van der Waals surface area contributed by atoms with Gasteiger partial charge in [0.25, 0.3) is 0 Å². The highest BCUT2D eigenvalue weighted by Crippen LogP contribution is 2.03. The average Bonchev–Trinajstić information content (AvgIpc) is 1.84. The van der Waals surface area contributed by atoms with Crippen LogP contribution in [-0.4, -0.2) is 30.2 Å². The van der Waals surface area contributed by atoms with Gasteiger partial charge in [0.15, 0.2) is 0 Å². The Hall–Kier alpha value is -0.610. The number of carboxylic acid groups (broad SMARTS) is 1. The van der Waals surface area contributed by atoms with Gasteiger partial charge < -0.3 is 16.2 Å². The number of nitrogens with one attached hydrogen (secondary N) is 1. The standard InChI is InChI=1S/C6H14N2O2/c1-6(7,5(9)10)3-4-8-2/h8H,3-4,7H2,1-2H3,(H,9,10). The van der Waals surface area contributed by atoms with Crippen LogP contribution >= 0.6 is 0 Å². The minimum Gasteiger partial charge on any atom is -0.480 e. The van der Waals surface area contributed by atoms with Crippen molar-refractivity contribution >= 4 is 5.97 Å². The Bertz CT molecular complexity index is 123. The smallest absolute Gasteiger partial charge is 0.323 e. The summed E-state index contributed by atoms with van der Waals surface area (Å²) in [5.41, 5.74) is 4.31. The topological polar surface area (TPSA) is 75.3 Å². The van der Waals surface area contributed by atoms with Gasteiger partial charge in [-0.25, -0.2) is 0 Å². The Morgan fingerprint density at radius 3 is 2.60 bits per heavy atom. The molecule has 0 aromatic carbocycles. The molecule has 0 radical (unpaired) electrons. The maximum atomic E-state index is 10.4. The van der Waals surface area contributed by atoms with Crippen LogP contribution in [0, 0.1) is 0 Å². The Kier molecular flexibility index (Phi) is 3.32. The number of aliphatic carboxylic acids is 1. The highest BCUT2D eigenvalue weighted by atomic mass is 16.4. The van der Waals surface area contributed by atoms with Crippen LogP contribution in [0.15, 0.2) is 0 Å². The summed E-state index contributed by atoms with van der Waals surface area (Å²) in [6.07, 6.45) is 0.443. The molecule has 0 saturated heterocycles.